The van der Waals surface area contributed by atoms with Gasteiger partial charge in [0.05, 0.1) is 15.2 Å². The Hall–Kier alpha value is -1.57. The Balaban J connectivity index is 2.13. The van der Waals surface area contributed by atoms with Crippen molar-refractivity contribution in [1.29, 1.82) is 0 Å². The molecule has 1 heterocycles. The standard InChI is InChI=1S/C15H17ClN2O3S2/c1-9(2)23(20,21)12-8-22-14(13(12)16)18-15(19)17-11-6-4-10(3)5-7-11/h4-9H,1-3H3,(H2,17,18,19). The second-order valence-corrected chi connectivity index (χ2v) is 9.01. The fourth-order valence-corrected chi connectivity index (χ4v) is 4.70. The van der Waals surface area contributed by atoms with Gasteiger partial charge < -0.3 is 5.32 Å². The molecule has 2 rings (SSSR count). The fraction of sp³-hybridized carbons (Fsp3) is 0.267. The lowest BCUT2D eigenvalue weighted by Gasteiger charge is -2.08. The molecule has 0 saturated carbocycles. The van der Waals surface area contributed by atoms with E-state index in [0.717, 1.165) is 16.9 Å². The minimum Gasteiger partial charge on any atom is -0.308 e. The molecule has 0 aliphatic heterocycles. The second-order valence-electron chi connectivity index (χ2n) is 5.28. The summed E-state index contributed by atoms with van der Waals surface area (Å²) in [5.74, 6) is 0. The van der Waals surface area contributed by atoms with E-state index in [-0.39, 0.29) is 9.92 Å². The molecule has 0 unspecified atom stereocenters. The first-order valence-electron chi connectivity index (χ1n) is 6.87. The summed E-state index contributed by atoms with van der Waals surface area (Å²) in [7, 11) is -3.48. The summed E-state index contributed by atoms with van der Waals surface area (Å²) in [6.45, 7) is 5.12. The van der Waals surface area contributed by atoms with Gasteiger partial charge in [-0.05, 0) is 32.9 Å². The third-order valence-electron chi connectivity index (χ3n) is 3.16. The number of thiophene rings is 1. The number of nitrogens with one attached hydrogen (secondary N) is 2. The van der Waals surface area contributed by atoms with Crippen LogP contribution in [0.1, 0.15) is 19.4 Å². The topological polar surface area (TPSA) is 75.3 Å². The smallest absolute Gasteiger partial charge is 0.308 e. The van der Waals surface area contributed by atoms with Gasteiger partial charge in [0.2, 0.25) is 0 Å². The number of halogens is 1. The van der Waals surface area contributed by atoms with Gasteiger partial charge in [0.15, 0.2) is 9.84 Å². The number of rotatable bonds is 4. The van der Waals surface area contributed by atoms with Gasteiger partial charge in [-0.3, -0.25) is 5.32 Å². The average molecular weight is 373 g/mol. The monoisotopic (exact) mass is 372 g/mol. The Labute approximate surface area is 144 Å². The molecule has 2 N–H and O–H groups in total. The quantitative estimate of drug-likeness (QED) is 0.827. The number of hydrogen-bond acceptors (Lipinski definition) is 4. The number of hydrogen-bond donors (Lipinski definition) is 2. The molecule has 1 aromatic heterocycles. The average Bonchev–Trinajstić information content (AvgIpc) is 2.83. The van der Waals surface area contributed by atoms with E-state index in [1.807, 2.05) is 19.1 Å². The predicted molar refractivity (Wildman–Crippen MR) is 95.5 cm³/mol. The normalized spacial score (nSPS) is 11.5. The Bertz CT molecular complexity index is 812. The van der Waals surface area contributed by atoms with Gasteiger partial charge in [-0.15, -0.1) is 11.3 Å². The van der Waals surface area contributed by atoms with Gasteiger partial charge in [0.25, 0.3) is 0 Å². The Morgan fingerprint density at radius 2 is 1.78 bits per heavy atom. The Morgan fingerprint density at radius 3 is 2.35 bits per heavy atom. The fourth-order valence-electron chi connectivity index (χ4n) is 1.76. The van der Waals surface area contributed by atoms with Crippen molar-refractivity contribution in [3.8, 4) is 0 Å². The summed E-state index contributed by atoms with van der Waals surface area (Å²) in [6, 6.07) is 6.83. The van der Waals surface area contributed by atoms with Crippen molar-refractivity contribution in [2.45, 2.75) is 30.9 Å². The van der Waals surface area contributed by atoms with E-state index in [1.54, 1.807) is 26.0 Å². The van der Waals surface area contributed by atoms with Gasteiger partial charge in [-0.25, -0.2) is 13.2 Å². The van der Waals surface area contributed by atoms with Crippen LogP contribution in [0, 0.1) is 6.92 Å². The molecule has 2 amide bonds. The van der Waals surface area contributed by atoms with Crippen LogP contribution < -0.4 is 10.6 Å². The molecular weight excluding hydrogens is 356 g/mol. The summed E-state index contributed by atoms with van der Waals surface area (Å²) >= 11 is 7.19. The first-order valence-corrected chi connectivity index (χ1v) is 9.67. The minimum absolute atomic E-state index is 0.0442. The van der Waals surface area contributed by atoms with Crippen LogP contribution in [0.5, 0.6) is 0 Å². The van der Waals surface area contributed by atoms with Crippen molar-refractivity contribution in [2.75, 3.05) is 10.6 Å². The van der Waals surface area contributed by atoms with Crippen LogP contribution in [0.4, 0.5) is 15.5 Å². The first-order chi connectivity index (χ1) is 10.7. The van der Waals surface area contributed by atoms with Crippen molar-refractivity contribution in [1.82, 2.24) is 0 Å². The third kappa shape index (κ3) is 4.04. The Morgan fingerprint density at radius 1 is 1.17 bits per heavy atom. The van der Waals surface area contributed by atoms with Crippen LogP contribution in [-0.2, 0) is 9.84 Å². The third-order valence-corrected chi connectivity index (χ3v) is 7.00. The van der Waals surface area contributed by atoms with E-state index in [2.05, 4.69) is 10.6 Å². The SMILES string of the molecule is Cc1ccc(NC(=O)Nc2scc(S(=O)(=O)C(C)C)c2Cl)cc1. The highest BCUT2D eigenvalue weighted by atomic mass is 35.5. The zero-order valence-electron chi connectivity index (χ0n) is 12.9. The predicted octanol–water partition coefficient (Wildman–Crippen LogP) is 4.54. The molecule has 0 spiro atoms. The molecule has 0 aliphatic carbocycles. The second kappa shape index (κ2) is 6.90. The molecular formula is C15H17ClN2O3S2. The maximum atomic E-state index is 12.2. The highest BCUT2D eigenvalue weighted by Crippen LogP contribution is 2.37. The van der Waals surface area contributed by atoms with Gasteiger partial charge in [0, 0.05) is 11.1 Å². The molecule has 0 bridgehead atoms. The van der Waals surface area contributed by atoms with Gasteiger partial charge >= 0.3 is 6.03 Å². The first kappa shape index (κ1) is 17.8. The molecule has 0 radical (unpaired) electrons. The van der Waals surface area contributed by atoms with E-state index < -0.39 is 21.1 Å². The lowest BCUT2D eigenvalue weighted by Crippen LogP contribution is -2.19. The van der Waals surface area contributed by atoms with Crippen LogP contribution >= 0.6 is 22.9 Å². The molecule has 8 heteroatoms. The lowest BCUT2D eigenvalue weighted by molar-refractivity contribution is 0.262. The maximum Gasteiger partial charge on any atom is 0.324 e. The van der Waals surface area contributed by atoms with Crippen molar-refractivity contribution in [3.05, 3.63) is 40.2 Å². The molecule has 5 nitrogen and oxygen atoms in total. The van der Waals surface area contributed by atoms with E-state index in [4.69, 9.17) is 11.6 Å². The van der Waals surface area contributed by atoms with Crippen molar-refractivity contribution >= 4 is 49.5 Å². The van der Waals surface area contributed by atoms with Crippen molar-refractivity contribution in [3.63, 3.8) is 0 Å². The van der Waals surface area contributed by atoms with Crippen LogP contribution in [0.2, 0.25) is 5.02 Å². The van der Waals surface area contributed by atoms with Crippen molar-refractivity contribution < 1.29 is 13.2 Å². The zero-order valence-corrected chi connectivity index (χ0v) is 15.3. The number of aryl methyl sites for hydroxylation is 1. The summed E-state index contributed by atoms with van der Waals surface area (Å²) in [5.41, 5.74) is 1.72. The Kier molecular flexibility index (Phi) is 5.33. The van der Waals surface area contributed by atoms with Gasteiger partial charge in [0.1, 0.15) is 5.00 Å². The summed E-state index contributed by atoms with van der Waals surface area (Å²) in [6.07, 6.45) is 0. The maximum absolute atomic E-state index is 12.2. The molecule has 2 aromatic rings. The lowest BCUT2D eigenvalue weighted by atomic mass is 10.2. The summed E-state index contributed by atoms with van der Waals surface area (Å²) in [5, 5.41) is 6.45. The summed E-state index contributed by atoms with van der Waals surface area (Å²) in [4.78, 5) is 12.0. The van der Waals surface area contributed by atoms with Crippen LogP contribution in [-0.4, -0.2) is 19.7 Å². The largest absolute Gasteiger partial charge is 0.324 e. The van der Waals surface area contributed by atoms with Gasteiger partial charge in [-0.1, -0.05) is 29.3 Å². The number of benzene rings is 1. The molecule has 0 atom stereocenters. The van der Waals surface area contributed by atoms with E-state index in [0.29, 0.717) is 10.7 Å². The molecule has 0 saturated heterocycles. The molecule has 124 valence electrons. The van der Waals surface area contributed by atoms with E-state index >= 15 is 0 Å². The van der Waals surface area contributed by atoms with Crippen LogP contribution in [0.25, 0.3) is 0 Å². The number of anilines is 2. The molecule has 1 aromatic carbocycles. The number of urea groups is 1. The minimum atomic E-state index is -3.48. The number of amides is 2. The van der Waals surface area contributed by atoms with Crippen LogP contribution in [0.3, 0.4) is 0 Å². The number of carbonyl (C=O) groups is 1. The van der Waals surface area contributed by atoms with E-state index in [9.17, 15) is 13.2 Å². The number of sulfone groups is 1. The van der Waals surface area contributed by atoms with E-state index in [1.165, 1.54) is 5.38 Å². The summed E-state index contributed by atoms with van der Waals surface area (Å²) < 4.78 is 24.3. The molecule has 0 aliphatic rings. The van der Waals surface area contributed by atoms with Crippen LogP contribution in [0.15, 0.2) is 34.5 Å². The number of carbonyl (C=O) groups excluding carboxylic acids is 1. The van der Waals surface area contributed by atoms with Gasteiger partial charge in [-0.2, -0.15) is 0 Å². The zero-order chi connectivity index (χ0) is 17.2. The molecule has 0 fully saturated rings. The highest BCUT2D eigenvalue weighted by molar-refractivity contribution is 7.92. The highest BCUT2D eigenvalue weighted by Gasteiger charge is 2.26. The molecule has 23 heavy (non-hydrogen) atoms. The van der Waals surface area contributed by atoms with Crippen molar-refractivity contribution in [2.24, 2.45) is 0 Å².